The molecule has 0 bridgehead atoms. The molecule has 0 saturated carbocycles. The fourth-order valence-corrected chi connectivity index (χ4v) is 3.60. The number of amides is 1. The van der Waals surface area contributed by atoms with Crippen molar-refractivity contribution >= 4 is 17.6 Å². The number of hydrogen-bond acceptors (Lipinski definition) is 2. The summed E-state index contributed by atoms with van der Waals surface area (Å²) in [6, 6.07) is 31.3. The molecule has 0 aliphatic heterocycles. The average Bonchev–Trinajstić information content (AvgIpc) is 2.83. The Balaban J connectivity index is 1.87. The molecule has 1 unspecified atom stereocenters. The standard InChI is InChI=1S/C28H26N2O/c1-2-26(23-10-5-3-6-11-23)28(24-12-7-4-8-13-24)25-17-14-22(15-18-25)16-19-27(31)30-21-9-20-29/h2-8,10-19,28H,9,21H2,1H3,(H,30,31). The first-order chi connectivity index (χ1) is 15.2. The fourth-order valence-electron chi connectivity index (χ4n) is 3.60. The Bertz CT molecular complexity index is 1080. The van der Waals surface area contributed by atoms with Gasteiger partial charge in [0.1, 0.15) is 0 Å². The van der Waals surface area contributed by atoms with Crippen LogP contribution < -0.4 is 5.32 Å². The van der Waals surface area contributed by atoms with Crippen LogP contribution in [-0.4, -0.2) is 12.5 Å². The van der Waals surface area contributed by atoms with Crippen LogP contribution in [0.3, 0.4) is 0 Å². The zero-order valence-corrected chi connectivity index (χ0v) is 17.7. The minimum absolute atomic E-state index is 0.112. The summed E-state index contributed by atoms with van der Waals surface area (Å²) in [5.74, 6) is -0.0809. The number of nitriles is 1. The maximum absolute atomic E-state index is 11.8. The van der Waals surface area contributed by atoms with E-state index in [0.717, 1.165) is 5.56 Å². The van der Waals surface area contributed by atoms with Gasteiger partial charge in [0, 0.05) is 18.5 Å². The van der Waals surface area contributed by atoms with Crippen LogP contribution >= 0.6 is 0 Å². The van der Waals surface area contributed by atoms with E-state index in [2.05, 4.69) is 79.0 Å². The first-order valence-electron chi connectivity index (χ1n) is 10.4. The number of nitrogens with zero attached hydrogens (tertiary/aromatic N) is 1. The van der Waals surface area contributed by atoms with E-state index < -0.39 is 0 Å². The van der Waals surface area contributed by atoms with Crippen LogP contribution in [0.25, 0.3) is 11.6 Å². The Hall–Kier alpha value is -3.90. The maximum atomic E-state index is 11.8. The average molecular weight is 407 g/mol. The molecule has 3 aromatic carbocycles. The third-order valence-corrected chi connectivity index (χ3v) is 5.10. The Kier molecular flexibility index (Phi) is 7.97. The molecule has 3 heteroatoms. The molecule has 0 aliphatic carbocycles. The molecular weight excluding hydrogens is 380 g/mol. The van der Waals surface area contributed by atoms with Crippen LogP contribution in [0.1, 0.15) is 41.5 Å². The monoisotopic (exact) mass is 406 g/mol. The normalized spacial score (nSPS) is 12.3. The van der Waals surface area contributed by atoms with Gasteiger partial charge in [0.15, 0.2) is 0 Å². The Labute approximate surface area is 184 Å². The smallest absolute Gasteiger partial charge is 0.244 e. The van der Waals surface area contributed by atoms with Crippen molar-refractivity contribution in [2.45, 2.75) is 19.3 Å². The van der Waals surface area contributed by atoms with E-state index in [4.69, 9.17) is 5.26 Å². The Morgan fingerprint density at radius 3 is 2.16 bits per heavy atom. The Morgan fingerprint density at radius 2 is 1.55 bits per heavy atom. The SMILES string of the molecule is CC=C(c1ccccc1)C(c1ccccc1)c1ccc(C=CC(=O)NCCC#N)cc1. The van der Waals surface area contributed by atoms with Gasteiger partial charge in [-0.1, -0.05) is 91.0 Å². The molecule has 0 radical (unpaired) electrons. The van der Waals surface area contributed by atoms with Crippen LogP contribution in [0.2, 0.25) is 0 Å². The summed E-state index contributed by atoms with van der Waals surface area (Å²) in [7, 11) is 0. The molecule has 3 rings (SSSR count). The number of carbonyl (C=O) groups excluding carboxylic acids is 1. The van der Waals surface area contributed by atoms with Gasteiger partial charge >= 0.3 is 0 Å². The predicted molar refractivity (Wildman–Crippen MR) is 127 cm³/mol. The second-order valence-electron chi connectivity index (χ2n) is 7.15. The molecule has 154 valence electrons. The highest BCUT2D eigenvalue weighted by Crippen LogP contribution is 2.37. The van der Waals surface area contributed by atoms with Crippen LogP contribution in [0.5, 0.6) is 0 Å². The van der Waals surface area contributed by atoms with E-state index >= 15 is 0 Å². The van der Waals surface area contributed by atoms with Gasteiger partial charge in [-0.2, -0.15) is 5.26 Å². The lowest BCUT2D eigenvalue weighted by molar-refractivity contribution is -0.116. The molecule has 0 heterocycles. The molecule has 1 atom stereocenters. The van der Waals surface area contributed by atoms with Crippen molar-refractivity contribution in [1.29, 1.82) is 5.26 Å². The molecule has 3 aromatic rings. The summed E-state index contributed by atoms with van der Waals surface area (Å²) in [5, 5.41) is 11.2. The number of allylic oxidation sites excluding steroid dienone is 2. The van der Waals surface area contributed by atoms with E-state index in [9.17, 15) is 4.79 Å². The summed E-state index contributed by atoms with van der Waals surface area (Å²) >= 11 is 0. The highest BCUT2D eigenvalue weighted by atomic mass is 16.1. The summed E-state index contributed by atoms with van der Waals surface area (Å²) in [5.41, 5.74) is 5.84. The predicted octanol–water partition coefficient (Wildman–Crippen LogP) is 5.97. The van der Waals surface area contributed by atoms with E-state index in [0.29, 0.717) is 13.0 Å². The van der Waals surface area contributed by atoms with Gasteiger partial charge in [-0.3, -0.25) is 4.79 Å². The minimum Gasteiger partial charge on any atom is -0.352 e. The van der Waals surface area contributed by atoms with Crippen LogP contribution in [0.15, 0.2) is 97.1 Å². The van der Waals surface area contributed by atoms with Gasteiger partial charge in [-0.05, 0) is 40.8 Å². The molecule has 0 saturated heterocycles. The van der Waals surface area contributed by atoms with Crippen LogP contribution in [0.4, 0.5) is 0 Å². The number of nitrogens with one attached hydrogen (secondary N) is 1. The summed E-state index contributed by atoms with van der Waals surface area (Å²) in [4.78, 5) is 11.8. The van der Waals surface area contributed by atoms with Crippen molar-refractivity contribution in [3.63, 3.8) is 0 Å². The van der Waals surface area contributed by atoms with Gasteiger partial charge in [-0.25, -0.2) is 0 Å². The van der Waals surface area contributed by atoms with Gasteiger partial charge in [-0.15, -0.1) is 0 Å². The van der Waals surface area contributed by atoms with Crippen LogP contribution in [-0.2, 0) is 4.79 Å². The lowest BCUT2D eigenvalue weighted by Crippen LogP contribution is -2.21. The quantitative estimate of drug-likeness (QED) is 0.370. The van der Waals surface area contributed by atoms with Gasteiger partial charge in [0.05, 0.1) is 12.5 Å². The van der Waals surface area contributed by atoms with Crippen molar-refractivity contribution in [2.24, 2.45) is 0 Å². The van der Waals surface area contributed by atoms with Crippen molar-refractivity contribution in [1.82, 2.24) is 5.32 Å². The molecule has 0 fully saturated rings. The first-order valence-corrected chi connectivity index (χ1v) is 10.4. The lowest BCUT2D eigenvalue weighted by atomic mass is 9.81. The first kappa shape index (κ1) is 21.8. The second-order valence-corrected chi connectivity index (χ2v) is 7.15. The Morgan fingerprint density at radius 1 is 0.935 bits per heavy atom. The van der Waals surface area contributed by atoms with Gasteiger partial charge < -0.3 is 5.32 Å². The summed E-state index contributed by atoms with van der Waals surface area (Å²) in [6.45, 7) is 2.45. The summed E-state index contributed by atoms with van der Waals surface area (Å²) < 4.78 is 0. The number of rotatable bonds is 8. The van der Waals surface area contributed by atoms with E-state index in [1.54, 1.807) is 6.08 Å². The highest BCUT2D eigenvalue weighted by Gasteiger charge is 2.19. The van der Waals surface area contributed by atoms with Crippen molar-refractivity contribution in [2.75, 3.05) is 6.54 Å². The number of hydrogen-bond donors (Lipinski definition) is 1. The number of benzene rings is 3. The molecule has 0 aromatic heterocycles. The third-order valence-electron chi connectivity index (χ3n) is 5.10. The van der Waals surface area contributed by atoms with Crippen molar-refractivity contribution in [3.8, 4) is 6.07 Å². The lowest BCUT2D eigenvalue weighted by Gasteiger charge is -2.22. The van der Waals surface area contributed by atoms with Crippen LogP contribution in [0, 0.1) is 11.3 Å². The molecule has 3 nitrogen and oxygen atoms in total. The largest absolute Gasteiger partial charge is 0.352 e. The zero-order chi connectivity index (χ0) is 21.9. The molecule has 1 amide bonds. The number of carbonyl (C=O) groups is 1. The van der Waals surface area contributed by atoms with E-state index in [1.165, 1.54) is 28.3 Å². The van der Waals surface area contributed by atoms with Crippen molar-refractivity contribution in [3.05, 3.63) is 119 Å². The zero-order valence-electron chi connectivity index (χ0n) is 17.7. The molecule has 0 aliphatic rings. The maximum Gasteiger partial charge on any atom is 0.244 e. The second kappa shape index (κ2) is 11.3. The molecule has 0 spiro atoms. The fraction of sp³-hybridized carbons (Fsp3) is 0.143. The molecule has 1 N–H and O–H groups in total. The third kappa shape index (κ3) is 6.04. The molecular formula is C28H26N2O. The van der Waals surface area contributed by atoms with Gasteiger partial charge in [0.25, 0.3) is 0 Å². The summed E-state index contributed by atoms with van der Waals surface area (Å²) in [6.07, 6.45) is 5.79. The van der Waals surface area contributed by atoms with Gasteiger partial charge in [0.2, 0.25) is 5.91 Å². The topological polar surface area (TPSA) is 52.9 Å². The minimum atomic E-state index is -0.193. The molecule has 31 heavy (non-hydrogen) atoms. The van der Waals surface area contributed by atoms with E-state index in [1.807, 2.05) is 30.3 Å². The highest BCUT2D eigenvalue weighted by molar-refractivity contribution is 5.91. The van der Waals surface area contributed by atoms with Crippen molar-refractivity contribution < 1.29 is 4.79 Å². The van der Waals surface area contributed by atoms with E-state index in [-0.39, 0.29) is 11.8 Å².